The molecule has 4 bridgehead atoms. The maximum atomic E-state index is 14.6. The van der Waals surface area contributed by atoms with E-state index in [-0.39, 0.29) is 49.0 Å². The van der Waals surface area contributed by atoms with E-state index in [1.165, 1.54) is 0 Å². The zero-order valence-corrected chi connectivity index (χ0v) is 32.5. The van der Waals surface area contributed by atoms with Crippen molar-refractivity contribution in [3.63, 3.8) is 0 Å². The van der Waals surface area contributed by atoms with E-state index in [0.29, 0.717) is 64.3 Å². The highest BCUT2D eigenvalue weighted by Crippen LogP contribution is 2.62. The first-order valence-electron chi connectivity index (χ1n) is 20.2. The number of nitrogens with zero attached hydrogens (tertiary/aromatic N) is 1. The molecule has 15 heteroatoms. The Hall–Kier alpha value is -1.20. The van der Waals surface area contributed by atoms with Crippen molar-refractivity contribution in [3.05, 3.63) is 11.3 Å². The fourth-order valence-electron chi connectivity index (χ4n) is 11.3. The summed E-state index contributed by atoms with van der Waals surface area (Å²) < 4.78 is 111. The second-order valence-electron chi connectivity index (χ2n) is 18.0. The molecule has 13 atom stereocenters. The Kier molecular flexibility index (Phi) is 11.3. The molecule has 9 aliphatic rings. The monoisotopic (exact) mass is 783 g/mol. The molecule has 0 radical (unpaired) electrons. The minimum absolute atomic E-state index is 0.0312. The molecular formula is C39H59F6NO8. The fraction of sp³-hybridized carbons (Fsp3) is 0.949. The third-order valence-corrected chi connectivity index (χ3v) is 14.3. The van der Waals surface area contributed by atoms with Gasteiger partial charge in [0.2, 0.25) is 17.8 Å². The second-order valence-corrected chi connectivity index (χ2v) is 18.0. The number of rotatable bonds is 12. The summed E-state index contributed by atoms with van der Waals surface area (Å²) in [5.74, 6) is -4.55. The van der Waals surface area contributed by atoms with Crippen LogP contribution in [-0.4, -0.2) is 85.8 Å². The molecule has 8 fully saturated rings. The molecule has 2 saturated carbocycles. The summed E-state index contributed by atoms with van der Waals surface area (Å²) in [7, 11) is 1.78. The standard InChI is InChI=1S/C39H59F6NO8/c1-23-11-13-29(36-22-48-34(4,51-53-36)17-15-27(23)36)25(3)31(38(40,41)42)47-20-10-8-7-9-19-46(6)21-26-30-14-12-24(2)28-16-18-35(5)50-33(37(28,30)54-52-35)49-32(26)39(43,44)45/h23-25,27-31,33H,7-22H2,1-6H3/t23-,24-,25-,27+,28+,29+,30+,31+,33-,34+,35+,36-,37-/m1/s1. The molecule has 310 valence electrons. The van der Waals surface area contributed by atoms with Crippen LogP contribution in [0.1, 0.15) is 112 Å². The van der Waals surface area contributed by atoms with E-state index in [2.05, 4.69) is 13.8 Å². The summed E-state index contributed by atoms with van der Waals surface area (Å²) in [6, 6.07) is 0. The van der Waals surface area contributed by atoms with Crippen LogP contribution >= 0.6 is 0 Å². The lowest BCUT2D eigenvalue weighted by Gasteiger charge is -2.57. The molecule has 7 aliphatic heterocycles. The summed E-state index contributed by atoms with van der Waals surface area (Å²) in [6.45, 7) is 10.0. The van der Waals surface area contributed by atoms with Crippen LogP contribution in [0.4, 0.5) is 26.3 Å². The molecule has 6 saturated heterocycles. The van der Waals surface area contributed by atoms with E-state index in [1.807, 2.05) is 11.8 Å². The summed E-state index contributed by atoms with van der Waals surface area (Å²) >= 11 is 0. The largest absolute Gasteiger partial charge is 0.456 e. The van der Waals surface area contributed by atoms with Gasteiger partial charge < -0.3 is 23.8 Å². The smallest absolute Gasteiger partial charge is 0.449 e. The van der Waals surface area contributed by atoms with E-state index in [1.54, 1.807) is 20.9 Å². The number of halogens is 6. The maximum Gasteiger partial charge on any atom is 0.449 e. The normalized spacial score (nSPS) is 43.2. The van der Waals surface area contributed by atoms with E-state index in [4.69, 9.17) is 38.5 Å². The van der Waals surface area contributed by atoms with Crippen molar-refractivity contribution in [2.24, 2.45) is 41.4 Å². The number of hydrogen-bond donors (Lipinski definition) is 0. The van der Waals surface area contributed by atoms with E-state index >= 15 is 0 Å². The first-order chi connectivity index (χ1) is 25.3. The summed E-state index contributed by atoms with van der Waals surface area (Å²) in [4.78, 5) is 25.5. The van der Waals surface area contributed by atoms with E-state index < -0.39 is 71.0 Å². The van der Waals surface area contributed by atoms with Crippen molar-refractivity contribution in [1.82, 2.24) is 4.90 Å². The van der Waals surface area contributed by atoms with Gasteiger partial charge in [0.15, 0.2) is 17.5 Å². The van der Waals surface area contributed by atoms with Crippen molar-refractivity contribution in [3.8, 4) is 0 Å². The van der Waals surface area contributed by atoms with Crippen LogP contribution in [-0.2, 0) is 38.5 Å². The quantitative estimate of drug-likeness (QED) is 0.110. The van der Waals surface area contributed by atoms with E-state index in [9.17, 15) is 26.3 Å². The molecule has 0 amide bonds. The van der Waals surface area contributed by atoms with Crippen LogP contribution in [0.25, 0.3) is 0 Å². The highest BCUT2D eigenvalue weighted by Gasteiger charge is 2.70. The number of hydrogen-bond acceptors (Lipinski definition) is 9. The highest BCUT2D eigenvalue weighted by molar-refractivity contribution is 5.29. The first-order valence-corrected chi connectivity index (χ1v) is 20.2. The third kappa shape index (κ3) is 7.36. The van der Waals surface area contributed by atoms with Gasteiger partial charge in [0.1, 0.15) is 5.60 Å². The molecule has 0 aromatic rings. The summed E-state index contributed by atoms with van der Waals surface area (Å²) in [5, 5.41) is 0. The van der Waals surface area contributed by atoms with Crippen molar-refractivity contribution in [2.75, 3.05) is 33.4 Å². The van der Waals surface area contributed by atoms with Crippen molar-refractivity contribution >= 4 is 0 Å². The molecule has 7 heterocycles. The predicted octanol–water partition coefficient (Wildman–Crippen LogP) is 9.01. The Morgan fingerprint density at radius 2 is 1.48 bits per heavy atom. The number of alkyl halides is 6. The molecule has 9 nitrogen and oxygen atoms in total. The molecule has 0 aromatic heterocycles. The van der Waals surface area contributed by atoms with Crippen LogP contribution < -0.4 is 0 Å². The molecule has 0 aromatic carbocycles. The van der Waals surface area contributed by atoms with Crippen LogP contribution in [0.2, 0.25) is 0 Å². The van der Waals surface area contributed by atoms with Gasteiger partial charge in [-0.1, -0.05) is 33.6 Å². The van der Waals surface area contributed by atoms with Gasteiger partial charge in [0, 0.05) is 37.8 Å². The Morgan fingerprint density at radius 3 is 2.19 bits per heavy atom. The zero-order valence-electron chi connectivity index (χ0n) is 32.5. The highest BCUT2D eigenvalue weighted by atomic mass is 19.4. The molecular weight excluding hydrogens is 724 g/mol. The number of likely N-dealkylation sites (N-methyl/N-ethyl adjacent to an activating group) is 1. The fourth-order valence-corrected chi connectivity index (χ4v) is 11.3. The van der Waals surface area contributed by atoms with Gasteiger partial charge in [-0.15, -0.1) is 0 Å². The maximum absolute atomic E-state index is 14.6. The van der Waals surface area contributed by atoms with Gasteiger partial charge in [0.25, 0.3) is 0 Å². The molecule has 2 spiro atoms. The van der Waals surface area contributed by atoms with Crippen molar-refractivity contribution in [2.45, 2.75) is 159 Å². The van der Waals surface area contributed by atoms with Crippen molar-refractivity contribution in [1.29, 1.82) is 0 Å². The minimum Gasteiger partial charge on any atom is -0.456 e. The number of allylic oxidation sites excluding steroid dienone is 1. The SMILES string of the molecule is C[C@@H]([C@H](OCCCCCCN(C)CC1=C(C(F)(F)F)O[C@@H]2O[C@]3(C)CC[C@H]4[C@H](C)CC[C@@H]1[C@@]24OO3)C(F)(F)F)[C@@H]1CC[C@@H](C)[C@@H]2CC[C@@]3(C)OC[C@]12OO3. The topological polar surface area (TPSA) is 77.1 Å². The molecule has 0 unspecified atom stereocenters. The van der Waals surface area contributed by atoms with E-state index in [0.717, 1.165) is 19.3 Å². The molecule has 2 aliphatic carbocycles. The number of ether oxygens (including phenoxy) is 4. The van der Waals surface area contributed by atoms with Gasteiger partial charge in [-0.05, 0) is 114 Å². The third-order valence-electron chi connectivity index (χ3n) is 14.3. The molecule has 54 heavy (non-hydrogen) atoms. The minimum atomic E-state index is -4.71. The summed E-state index contributed by atoms with van der Waals surface area (Å²) in [5.41, 5.74) is -1.96. The van der Waals surface area contributed by atoms with Crippen LogP contribution in [0.15, 0.2) is 11.3 Å². The number of unbranched alkanes of at least 4 members (excludes halogenated alkanes) is 3. The Labute approximate surface area is 314 Å². The zero-order chi connectivity index (χ0) is 38.9. The van der Waals surface area contributed by atoms with Gasteiger partial charge in [-0.2, -0.15) is 26.3 Å². The lowest BCUT2D eigenvalue weighted by molar-refractivity contribution is -0.557. The second kappa shape index (κ2) is 14.9. The van der Waals surface area contributed by atoms with Gasteiger partial charge in [0.05, 0.1) is 6.61 Å². The lowest BCUT2D eigenvalue weighted by Crippen LogP contribution is -2.67. The average molecular weight is 784 g/mol. The lowest BCUT2D eigenvalue weighted by atomic mass is 9.59. The van der Waals surface area contributed by atoms with Gasteiger partial charge >= 0.3 is 12.4 Å². The number of fused-ring (bicyclic) bond motifs is 5. The molecule has 9 rings (SSSR count). The average Bonchev–Trinajstić information content (AvgIpc) is 3.48. The van der Waals surface area contributed by atoms with Crippen LogP contribution in [0.3, 0.4) is 0 Å². The van der Waals surface area contributed by atoms with Crippen molar-refractivity contribution < 1.29 is 64.8 Å². The molecule has 0 N–H and O–H groups in total. The van der Waals surface area contributed by atoms with Crippen LogP contribution in [0, 0.1) is 41.4 Å². The Morgan fingerprint density at radius 1 is 0.815 bits per heavy atom. The van der Waals surface area contributed by atoms with Gasteiger partial charge in [-0.3, -0.25) is 0 Å². The van der Waals surface area contributed by atoms with Crippen LogP contribution in [0.5, 0.6) is 0 Å². The Bertz CT molecular complexity index is 1370. The predicted molar refractivity (Wildman–Crippen MR) is 182 cm³/mol. The Balaban J connectivity index is 0.929. The summed E-state index contributed by atoms with van der Waals surface area (Å²) in [6.07, 6.45) is -4.85. The first kappa shape index (κ1) is 41.0. The van der Waals surface area contributed by atoms with Gasteiger partial charge in [-0.25, -0.2) is 19.6 Å².